The van der Waals surface area contributed by atoms with Gasteiger partial charge in [-0.25, -0.2) is 0 Å². The molecule has 3 nitrogen and oxygen atoms in total. The fourth-order valence-electron chi connectivity index (χ4n) is 2.41. The van der Waals surface area contributed by atoms with Gasteiger partial charge in [0, 0.05) is 0 Å². The van der Waals surface area contributed by atoms with E-state index in [1.54, 1.807) is 12.1 Å². The Balaban J connectivity index is 0.00000400. The zero-order valence-corrected chi connectivity index (χ0v) is 16.2. The second-order valence-electron chi connectivity index (χ2n) is 5.31. The minimum Gasteiger partial charge on any atom is -0.282 e. The van der Waals surface area contributed by atoms with Crippen LogP contribution >= 0.6 is 0 Å². The van der Waals surface area contributed by atoms with Crippen molar-refractivity contribution in [1.82, 2.24) is 0 Å². The first-order valence-electron chi connectivity index (χ1n) is 7.61. The Kier molecular flexibility index (Phi) is 11.7. The predicted molar refractivity (Wildman–Crippen MR) is 82.6 cm³/mol. The molecule has 1 aromatic rings. The molecule has 0 aliphatic heterocycles. The number of hydrogen-bond acceptors (Lipinski definition) is 2. The van der Waals surface area contributed by atoms with Crippen LogP contribution in [0, 0.1) is 0 Å². The third kappa shape index (κ3) is 8.99. The summed E-state index contributed by atoms with van der Waals surface area (Å²) in [6.45, 7) is 2.21. The Hall–Kier alpha value is 0.130. The standard InChI is InChI=1S/C16H26O3S.Na/c1-2-3-4-5-6-7-8-9-12-15-13-10-11-14-16(15)20(17,18)19;/h10-11,13-14H,2-9,12H2,1H3,(H,17,18,19);/q;+1. The van der Waals surface area contributed by atoms with Gasteiger partial charge in [-0.1, -0.05) is 70.1 Å². The molecule has 0 bridgehead atoms. The molecule has 0 radical (unpaired) electrons. The summed E-state index contributed by atoms with van der Waals surface area (Å²) in [4.78, 5) is 0.0583. The van der Waals surface area contributed by atoms with Gasteiger partial charge in [-0.15, -0.1) is 0 Å². The van der Waals surface area contributed by atoms with E-state index in [0.29, 0.717) is 6.42 Å². The first kappa shape index (κ1) is 21.1. The summed E-state index contributed by atoms with van der Waals surface area (Å²) < 4.78 is 31.7. The van der Waals surface area contributed by atoms with Crippen molar-refractivity contribution in [3.8, 4) is 0 Å². The van der Waals surface area contributed by atoms with Crippen molar-refractivity contribution in [2.75, 3.05) is 0 Å². The molecule has 0 heterocycles. The van der Waals surface area contributed by atoms with Crippen LogP contribution < -0.4 is 29.6 Å². The van der Waals surface area contributed by atoms with E-state index in [1.807, 2.05) is 6.07 Å². The molecule has 0 atom stereocenters. The maximum atomic E-state index is 11.2. The molecular formula is C16H26NaO3S+. The zero-order chi connectivity index (χ0) is 14.8. The smallest absolute Gasteiger partial charge is 0.282 e. The first-order valence-corrected chi connectivity index (χ1v) is 9.05. The maximum Gasteiger partial charge on any atom is 1.00 e. The third-order valence-electron chi connectivity index (χ3n) is 3.55. The molecule has 0 spiro atoms. The van der Waals surface area contributed by atoms with Gasteiger partial charge in [-0.05, 0) is 24.5 Å². The van der Waals surface area contributed by atoms with E-state index < -0.39 is 10.1 Å². The summed E-state index contributed by atoms with van der Waals surface area (Å²) in [5.41, 5.74) is 0.723. The quantitative estimate of drug-likeness (QED) is 0.405. The molecule has 0 aliphatic rings. The summed E-state index contributed by atoms with van der Waals surface area (Å²) in [5.74, 6) is 0. The summed E-state index contributed by atoms with van der Waals surface area (Å²) in [5, 5.41) is 0. The van der Waals surface area contributed by atoms with Crippen molar-refractivity contribution in [2.45, 2.75) is 69.6 Å². The van der Waals surface area contributed by atoms with Crippen LogP contribution in [-0.2, 0) is 16.5 Å². The van der Waals surface area contributed by atoms with Gasteiger partial charge in [0.15, 0.2) is 0 Å². The molecule has 1 rings (SSSR count). The van der Waals surface area contributed by atoms with Crippen molar-refractivity contribution >= 4 is 10.1 Å². The van der Waals surface area contributed by atoms with Gasteiger partial charge in [0.25, 0.3) is 10.1 Å². The van der Waals surface area contributed by atoms with Gasteiger partial charge in [-0.3, -0.25) is 4.55 Å². The maximum absolute atomic E-state index is 11.2. The van der Waals surface area contributed by atoms with Gasteiger partial charge < -0.3 is 0 Å². The van der Waals surface area contributed by atoms with Crippen LogP contribution in [0.15, 0.2) is 29.2 Å². The molecule has 0 saturated carbocycles. The van der Waals surface area contributed by atoms with Crippen LogP contribution in [0.1, 0.15) is 63.9 Å². The third-order valence-corrected chi connectivity index (χ3v) is 4.50. The Morgan fingerprint density at radius 1 is 0.905 bits per heavy atom. The molecule has 0 aliphatic carbocycles. The molecule has 5 heteroatoms. The number of rotatable bonds is 10. The van der Waals surface area contributed by atoms with Gasteiger partial charge in [-0.2, -0.15) is 8.42 Å². The van der Waals surface area contributed by atoms with Crippen LogP contribution in [-0.4, -0.2) is 13.0 Å². The second kappa shape index (κ2) is 11.7. The molecular weight excluding hydrogens is 295 g/mol. The summed E-state index contributed by atoms with van der Waals surface area (Å²) in [6.07, 6.45) is 10.5. The summed E-state index contributed by atoms with van der Waals surface area (Å²) >= 11 is 0. The van der Waals surface area contributed by atoms with Gasteiger partial charge in [0.2, 0.25) is 0 Å². The van der Waals surface area contributed by atoms with E-state index >= 15 is 0 Å². The Morgan fingerprint density at radius 3 is 2.00 bits per heavy atom. The van der Waals surface area contributed by atoms with E-state index in [4.69, 9.17) is 4.55 Å². The summed E-state index contributed by atoms with van der Waals surface area (Å²) in [6, 6.07) is 6.70. The minimum atomic E-state index is -4.09. The first-order chi connectivity index (χ1) is 9.55. The molecule has 0 amide bonds. The monoisotopic (exact) mass is 321 g/mol. The SMILES string of the molecule is CCCCCCCCCCc1ccccc1S(=O)(=O)O.[Na+]. The molecule has 0 aromatic heterocycles. The molecule has 21 heavy (non-hydrogen) atoms. The molecule has 0 unspecified atom stereocenters. The summed E-state index contributed by atoms with van der Waals surface area (Å²) in [7, 11) is -4.09. The predicted octanol–water partition coefficient (Wildman–Crippen LogP) is 1.62. The van der Waals surface area contributed by atoms with Crippen molar-refractivity contribution in [1.29, 1.82) is 0 Å². The number of hydrogen-bond donors (Lipinski definition) is 1. The van der Waals surface area contributed by atoms with E-state index in [2.05, 4.69) is 6.92 Å². The van der Waals surface area contributed by atoms with Crippen LogP contribution in [0.4, 0.5) is 0 Å². The van der Waals surface area contributed by atoms with Crippen LogP contribution in [0.3, 0.4) is 0 Å². The van der Waals surface area contributed by atoms with E-state index in [9.17, 15) is 8.42 Å². The Labute approximate surface area is 151 Å². The number of aryl methyl sites for hydroxylation is 1. The van der Waals surface area contributed by atoms with Crippen LogP contribution in [0.25, 0.3) is 0 Å². The zero-order valence-electron chi connectivity index (χ0n) is 13.3. The Bertz CT molecular complexity index is 486. The minimum absolute atomic E-state index is 0. The van der Waals surface area contributed by atoms with E-state index in [1.165, 1.54) is 44.6 Å². The van der Waals surface area contributed by atoms with Crippen LogP contribution in [0.2, 0.25) is 0 Å². The van der Waals surface area contributed by atoms with Gasteiger partial charge >= 0.3 is 29.6 Å². The number of benzene rings is 1. The van der Waals surface area contributed by atoms with Crippen molar-refractivity contribution < 1.29 is 42.5 Å². The van der Waals surface area contributed by atoms with Crippen molar-refractivity contribution in [2.24, 2.45) is 0 Å². The molecule has 0 saturated heterocycles. The molecule has 1 N–H and O–H groups in total. The van der Waals surface area contributed by atoms with Gasteiger partial charge in [0.1, 0.15) is 0 Å². The molecule has 0 fully saturated rings. The molecule has 1 aromatic carbocycles. The van der Waals surface area contributed by atoms with Crippen molar-refractivity contribution in [3.63, 3.8) is 0 Å². The topological polar surface area (TPSA) is 54.4 Å². The number of unbranched alkanes of at least 4 members (excludes halogenated alkanes) is 7. The van der Waals surface area contributed by atoms with Gasteiger partial charge in [0.05, 0.1) is 4.90 Å². The normalized spacial score (nSPS) is 11.1. The van der Waals surface area contributed by atoms with E-state index in [-0.39, 0.29) is 34.5 Å². The Morgan fingerprint density at radius 2 is 1.43 bits per heavy atom. The average Bonchev–Trinajstić information content (AvgIpc) is 2.41. The molecule has 114 valence electrons. The second-order valence-corrected chi connectivity index (χ2v) is 6.70. The van der Waals surface area contributed by atoms with E-state index in [0.717, 1.165) is 18.4 Å². The fraction of sp³-hybridized carbons (Fsp3) is 0.625. The fourth-order valence-corrected chi connectivity index (χ4v) is 3.16. The van der Waals surface area contributed by atoms with Crippen LogP contribution in [0.5, 0.6) is 0 Å². The van der Waals surface area contributed by atoms with Crippen molar-refractivity contribution in [3.05, 3.63) is 29.8 Å². The average molecular weight is 321 g/mol. The largest absolute Gasteiger partial charge is 1.00 e.